The molecular weight excluding hydrogens is 306 g/mol. The predicted molar refractivity (Wildman–Crippen MR) is 91.1 cm³/mol. The average Bonchev–Trinajstić information content (AvgIpc) is 2.52. The molecule has 2 rings (SSSR count). The van der Waals surface area contributed by atoms with Gasteiger partial charge in [-0.1, -0.05) is 42.5 Å². The summed E-state index contributed by atoms with van der Waals surface area (Å²) in [5.41, 5.74) is 1.06. The third kappa shape index (κ3) is 4.84. The van der Waals surface area contributed by atoms with Crippen LogP contribution in [0.1, 0.15) is 48.3 Å². The van der Waals surface area contributed by atoms with E-state index in [9.17, 15) is 14.7 Å². The zero-order valence-electron chi connectivity index (χ0n) is 13.9. The molecule has 0 fully saturated rings. The van der Waals surface area contributed by atoms with Gasteiger partial charge in [0.15, 0.2) is 0 Å². The number of aromatic carboxylic acids is 1. The summed E-state index contributed by atoms with van der Waals surface area (Å²) >= 11 is 0. The van der Waals surface area contributed by atoms with E-state index in [0.29, 0.717) is 5.56 Å². The highest BCUT2D eigenvalue weighted by Gasteiger charge is 2.22. The summed E-state index contributed by atoms with van der Waals surface area (Å²) in [6.45, 7) is 5.36. The highest BCUT2D eigenvalue weighted by Crippen LogP contribution is 2.23. The molecule has 0 radical (unpaired) electrons. The van der Waals surface area contributed by atoms with E-state index in [2.05, 4.69) is 5.32 Å². The monoisotopic (exact) mass is 327 g/mol. The van der Waals surface area contributed by atoms with Crippen molar-refractivity contribution in [3.05, 3.63) is 71.3 Å². The molecule has 1 atom stereocenters. The van der Waals surface area contributed by atoms with Gasteiger partial charge in [-0.3, -0.25) is 0 Å². The Morgan fingerprint density at radius 1 is 1.00 bits per heavy atom. The van der Waals surface area contributed by atoms with E-state index in [1.807, 2.05) is 30.3 Å². The van der Waals surface area contributed by atoms with Gasteiger partial charge in [0.05, 0.1) is 11.6 Å². The first-order valence-corrected chi connectivity index (χ1v) is 7.64. The molecule has 0 unspecified atom stereocenters. The molecule has 24 heavy (non-hydrogen) atoms. The molecule has 5 nitrogen and oxygen atoms in total. The number of ether oxygens (including phenoxy) is 1. The molecule has 5 heteroatoms. The van der Waals surface area contributed by atoms with E-state index >= 15 is 0 Å². The van der Waals surface area contributed by atoms with Gasteiger partial charge in [-0.2, -0.15) is 0 Å². The zero-order chi connectivity index (χ0) is 17.7. The molecular formula is C19H21NO4. The fraction of sp³-hybridized carbons (Fsp3) is 0.263. The molecule has 0 aliphatic heterocycles. The first-order chi connectivity index (χ1) is 11.3. The summed E-state index contributed by atoms with van der Waals surface area (Å²) in [5, 5.41) is 12.0. The molecule has 0 aromatic heterocycles. The van der Waals surface area contributed by atoms with E-state index in [1.165, 1.54) is 6.07 Å². The van der Waals surface area contributed by atoms with Crippen LogP contribution in [0.3, 0.4) is 0 Å². The third-order valence-electron chi connectivity index (χ3n) is 3.26. The van der Waals surface area contributed by atoms with E-state index in [0.717, 1.165) is 5.56 Å². The molecule has 2 N–H and O–H groups in total. The fourth-order valence-corrected chi connectivity index (χ4v) is 2.28. The van der Waals surface area contributed by atoms with Gasteiger partial charge in [0.25, 0.3) is 0 Å². The van der Waals surface area contributed by atoms with Crippen LogP contribution in [0, 0.1) is 0 Å². The second kappa shape index (κ2) is 7.17. The quantitative estimate of drug-likeness (QED) is 0.890. The third-order valence-corrected chi connectivity index (χ3v) is 3.26. The van der Waals surface area contributed by atoms with Crippen molar-refractivity contribution in [3.8, 4) is 0 Å². The lowest BCUT2D eigenvalue weighted by molar-refractivity contribution is 0.0512. The molecule has 0 spiro atoms. The summed E-state index contributed by atoms with van der Waals surface area (Å²) in [6.07, 6.45) is -0.558. The maximum atomic E-state index is 12.2. The van der Waals surface area contributed by atoms with E-state index < -0.39 is 23.7 Å². The minimum absolute atomic E-state index is 0.166. The number of nitrogens with one attached hydrogen (secondary N) is 1. The van der Waals surface area contributed by atoms with Gasteiger partial charge in [0, 0.05) is 0 Å². The Labute approximate surface area is 141 Å². The predicted octanol–water partition coefficient (Wildman–Crippen LogP) is 4.00. The normalized spacial score (nSPS) is 12.3. The van der Waals surface area contributed by atoms with Crippen LogP contribution < -0.4 is 5.32 Å². The summed E-state index contributed by atoms with van der Waals surface area (Å²) in [6, 6.07) is 15.3. The van der Waals surface area contributed by atoms with Gasteiger partial charge >= 0.3 is 12.1 Å². The molecule has 0 heterocycles. The number of amides is 1. The number of alkyl carbamates (subject to hydrolysis) is 1. The molecule has 1 amide bonds. The van der Waals surface area contributed by atoms with Crippen molar-refractivity contribution < 1.29 is 19.4 Å². The SMILES string of the molecule is CC(C)(C)OC(=O)N[C@@H](c1ccccc1)c1cccc(C(=O)O)c1. The van der Waals surface area contributed by atoms with E-state index in [4.69, 9.17) is 4.74 Å². The zero-order valence-corrected chi connectivity index (χ0v) is 13.9. The van der Waals surface area contributed by atoms with Crippen molar-refractivity contribution in [2.75, 3.05) is 0 Å². The number of carboxylic acids is 1. The number of hydrogen-bond donors (Lipinski definition) is 2. The minimum atomic E-state index is -1.01. The second-order valence-corrected chi connectivity index (χ2v) is 6.42. The van der Waals surface area contributed by atoms with Gasteiger partial charge in [-0.05, 0) is 44.0 Å². The number of carbonyl (C=O) groups is 2. The molecule has 126 valence electrons. The largest absolute Gasteiger partial charge is 0.478 e. The summed E-state index contributed by atoms with van der Waals surface area (Å²) < 4.78 is 5.32. The standard InChI is InChI=1S/C19H21NO4/c1-19(2,3)24-18(23)20-16(13-8-5-4-6-9-13)14-10-7-11-15(12-14)17(21)22/h4-12,16H,1-3H3,(H,20,23)(H,21,22)/t16-/m0/s1. The first kappa shape index (κ1) is 17.5. The van der Waals surface area contributed by atoms with Crippen molar-refractivity contribution in [1.82, 2.24) is 5.32 Å². The molecule has 0 saturated carbocycles. The number of carbonyl (C=O) groups excluding carboxylic acids is 1. The maximum absolute atomic E-state index is 12.2. The van der Waals surface area contributed by atoms with Gasteiger partial charge in [-0.25, -0.2) is 9.59 Å². The lowest BCUT2D eigenvalue weighted by atomic mass is 9.97. The highest BCUT2D eigenvalue weighted by atomic mass is 16.6. The lowest BCUT2D eigenvalue weighted by Crippen LogP contribution is -2.35. The summed E-state index contributed by atoms with van der Waals surface area (Å²) in [5.74, 6) is -1.01. The maximum Gasteiger partial charge on any atom is 0.408 e. The average molecular weight is 327 g/mol. The van der Waals surface area contributed by atoms with Crippen molar-refractivity contribution in [2.24, 2.45) is 0 Å². The van der Waals surface area contributed by atoms with Crippen LogP contribution in [0.2, 0.25) is 0 Å². The first-order valence-electron chi connectivity index (χ1n) is 7.64. The van der Waals surface area contributed by atoms with Crippen molar-refractivity contribution in [2.45, 2.75) is 32.4 Å². The Kier molecular flexibility index (Phi) is 5.24. The fourth-order valence-electron chi connectivity index (χ4n) is 2.28. The Morgan fingerprint density at radius 3 is 2.21 bits per heavy atom. The van der Waals surface area contributed by atoms with Gasteiger partial charge in [0.1, 0.15) is 5.60 Å². The van der Waals surface area contributed by atoms with Gasteiger partial charge < -0.3 is 15.2 Å². The Bertz CT molecular complexity index is 720. The molecule has 0 aliphatic rings. The highest BCUT2D eigenvalue weighted by molar-refractivity contribution is 5.87. The van der Waals surface area contributed by atoms with Gasteiger partial charge in [0.2, 0.25) is 0 Å². The second-order valence-electron chi connectivity index (χ2n) is 6.42. The number of carboxylic acid groups (broad SMARTS) is 1. The summed E-state index contributed by atoms with van der Waals surface area (Å²) in [7, 11) is 0. The number of benzene rings is 2. The Balaban J connectivity index is 2.35. The Morgan fingerprint density at radius 2 is 1.62 bits per heavy atom. The topological polar surface area (TPSA) is 75.6 Å². The van der Waals surface area contributed by atoms with Gasteiger partial charge in [-0.15, -0.1) is 0 Å². The van der Waals surface area contributed by atoms with Crippen molar-refractivity contribution in [3.63, 3.8) is 0 Å². The van der Waals surface area contributed by atoms with Crippen LogP contribution >= 0.6 is 0 Å². The minimum Gasteiger partial charge on any atom is -0.478 e. The lowest BCUT2D eigenvalue weighted by Gasteiger charge is -2.24. The van der Waals surface area contributed by atoms with Crippen LogP contribution in [0.4, 0.5) is 4.79 Å². The molecule has 2 aromatic carbocycles. The smallest absolute Gasteiger partial charge is 0.408 e. The number of hydrogen-bond acceptors (Lipinski definition) is 3. The number of rotatable bonds is 4. The van der Waals surface area contributed by atoms with Crippen LogP contribution in [-0.4, -0.2) is 22.8 Å². The van der Waals surface area contributed by atoms with E-state index in [1.54, 1.807) is 39.0 Å². The molecule has 0 bridgehead atoms. The van der Waals surface area contributed by atoms with Crippen molar-refractivity contribution in [1.29, 1.82) is 0 Å². The molecule has 0 saturated heterocycles. The van der Waals surface area contributed by atoms with Crippen LogP contribution in [-0.2, 0) is 4.74 Å². The van der Waals surface area contributed by atoms with Crippen molar-refractivity contribution >= 4 is 12.1 Å². The van der Waals surface area contributed by atoms with Crippen LogP contribution in [0.5, 0.6) is 0 Å². The summed E-state index contributed by atoms with van der Waals surface area (Å²) in [4.78, 5) is 23.4. The van der Waals surface area contributed by atoms with Crippen LogP contribution in [0.15, 0.2) is 54.6 Å². The molecule has 2 aromatic rings. The Hall–Kier alpha value is -2.82. The van der Waals surface area contributed by atoms with E-state index in [-0.39, 0.29) is 5.56 Å². The van der Waals surface area contributed by atoms with Crippen LogP contribution in [0.25, 0.3) is 0 Å². The molecule has 0 aliphatic carbocycles.